The SMILES string of the molecule is COc1ccc(CNC(=O)N(Cc2ccsc2)Cc2ccco2)cc1OC. The molecule has 0 aliphatic heterocycles. The van der Waals surface area contributed by atoms with E-state index in [9.17, 15) is 4.79 Å². The zero-order valence-corrected chi connectivity index (χ0v) is 16.1. The van der Waals surface area contributed by atoms with Crippen LogP contribution >= 0.6 is 11.3 Å². The van der Waals surface area contributed by atoms with E-state index >= 15 is 0 Å². The first kappa shape index (κ1) is 18.8. The van der Waals surface area contributed by atoms with Crippen molar-refractivity contribution < 1.29 is 18.7 Å². The van der Waals surface area contributed by atoms with Gasteiger partial charge in [0.25, 0.3) is 0 Å². The van der Waals surface area contributed by atoms with Gasteiger partial charge < -0.3 is 24.1 Å². The number of methoxy groups -OCH3 is 2. The van der Waals surface area contributed by atoms with Crippen molar-refractivity contribution in [3.63, 3.8) is 0 Å². The predicted molar refractivity (Wildman–Crippen MR) is 104 cm³/mol. The molecule has 0 radical (unpaired) electrons. The van der Waals surface area contributed by atoms with Crippen LogP contribution in [0.25, 0.3) is 0 Å². The maximum absolute atomic E-state index is 12.8. The summed E-state index contributed by atoms with van der Waals surface area (Å²) in [4.78, 5) is 14.5. The Morgan fingerprint density at radius 3 is 2.63 bits per heavy atom. The summed E-state index contributed by atoms with van der Waals surface area (Å²) in [6.07, 6.45) is 1.61. The van der Waals surface area contributed by atoms with Gasteiger partial charge in [-0.3, -0.25) is 0 Å². The lowest BCUT2D eigenvalue weighted by Gasteiger charge is -2.22. The van der Waals surface area contributed by atoms with Crippen LogP contribution in [0.4, 0.5) is 4.79 Å². The Hall–Kier alpha value is -2.93. The molecule has 0 unspecified atom stereocenters. The molecule has 0 aliphatic carbocycles. The molecule has 2 heterocycles. The fraction of sp³-hybridized carbons (Fsp3) is 0.250. The molecule has 3 aromatic rings. The van der Waals surface area contributed by atoms with Crippen LogP contribution in [0.15, 0.2) is 57.8 Å². The first-order chi connectivity index (χ1) is 13.2. The first-order valence-corrected chi connectivity index (χ1v) is 9.41. The number of nitrogens with zero attached hydrogens (tertiary/aromatic N) is 1. The molecule has 1 aromatic carbocycles. The van der Waals surface area contributed by atoms with Crippen molar-refractivity contribution in [3.8, 4) is 11.5 Å². The second-order valence-electron chi connectivity index (χ2n) is 5.92. The summed E-state index contributed by atoms with van der Waals surface area (Å²) >= 11 is 1.61. The molecule has 2 aromatic heterocycles. The summed E-state index contributed by atoms with van der Waals surface area (Å²) in [6, 6.07) is 11.1. The van der Waals surface area contributed by atoms with E-state index in [1.54, 1.807) is 36.7 Å². The number of furan rings is 1. The number of hydrogen-bond acceptors (Lipinski definition) is 5. The molecule has 142 valence electrons. The Morgan fingerprint density at radius 1 is 1.11 bits per heavy atom. The van der Waals surface area contributed by atoms with Crippen molar-refractivity contribution in [2.24, 2.45) is 0 Å². The van der Waals surface area contributed by atoms with Crippen LogP contribution in [0, 0.1) is 0 Å². The third-order valence-corrected chi connectivity index (χ3v) is 4.79. The largest absolute Gasteiger partial charge is 0.493 e. The zero-order valence-electron chi connectivity index (χ0n) is 15.3. The second kappa shape index (κ2) is 9.14. The first-order valence-electron chi connectivity index (χ1n) is 8.46. The van der Waals surface area contributed by atoms with Gasteiger partial charge >= 0.3 is 6.03 Å². The highest BCUT2D eigenvalue weighted by Gasteiger charge is 2.16. The van der Waals surface area contributed by atoms with E-state index in [4.69, 9.17) is 13.9 Å². The van der Waals surface area contributed by atoms with Crippen molar-refractivity contribution in [2.45, 2.75) is 19.6 Å². The topological polar surface area (TPSA) is 63.9 Å². The van der Waals surface area contributed by atoms with E-state index in [0.29, 0.717) is 31.1 Å². The fourth-order valence-corrected chi connectivity index (χ4v) is 3.33. The van der Waals surface area contributed by atoms with Gasteiger partial charge in [-0.1, -0.05) is 6.07 Å². The summed E-state index contributed by atoms with van der Waals surface area (Å²) in [5.41, 5.74) is 2.02. The summed E-state index contributed by atoms with van der Waals surface area (Å²) in [7, 11) is 3.18. The minimum absolute atomic E-state index is 0.160. The van der Waals surface area contributed by atoms with Crippen molar-refractivity contribution in [2.75, 3.05) is 14.2 Å². The molecule has 0 saturated heterocycles. The van der Waals surface area contributed by atoms with E-state index in [1.165, 1.54) is 0 Å². The molecule has 1 N–H and O–H groups in total. The predicted octanol–water partition coefficient (Wildman–Crippen LogP) is 4.27. The number of amides is 2. The van der Waals surface area contributed by atoms with Crippen LogP contribution < -0.4 is 14.8 Å². The molecule has 0 fully saturated rings. The lowest BCUT2D eigenvalue weighted by Crippen LogP contribution is -2.38. The number of urea groups is 1. The summed E-state index contributed by atoms with van der Waals surface area (Å²) in [5, 5.41) is 7.01. The van der Waals surface area contributed by atoms with Crippen LogP contribution in [-0.4, -0.2) is 25.2 Å². The maximum atomic E-state index is 12.8. The van der Waals surface area contributed by atoms with E-state index in [-0.39, 0.29) is 6.03 Å². The van der Waals surface area contributed by atoms with E-state index in [1.807, 2.05) is 47.2 Å². The molecule has 7 heteroatoms. The van der Waals surface area contributed by atoms with Crippen molar-refractivity contribution in [3.05, 3.63) is 70.3 Å². The van der Waals surface area contributed by atoms with Gasteiger partial charge in [-0.25, -0.2) is 4.79 Å². The molecular weight excluding hydrogens is 364 g/mol. The van der Waals surface area contributed by atoms with Gasteiger partial charge in [0, 0.05) is 13.1 Å². The Bertz CT molecular complexity index is 811. The van der Waals surface area contributed by atoms with Crippen molar-refractivity contribution >= 4 is 17.4 Å². The van der Waals surface area contributed by atoms with Gasteiger partial charge in [0.2, 0.25) is 0 Å². The zero-order chi connectivity index (χ0) is 19.1. The average molecular weight is 386 g/mol. The molecule has 3 rings (SSSR count). The van der Waals surface area contributed by atoms with Gasteiger partial charge in [-0.05, 0) is 52.2 Å². The molecule has 0 atom stereocenters. The van der Waals surface area contributed by atoms with E-state index in [0.717, 1.165) is 16.9 Å². The van der Waals surface area contributed by atoms with E-state index < -0.39 is 0 Å². The second-order valence-corrected chi connectivity index (χ2v) is 6.70. The van der Waals surface area contributed by atoms with Gasteiger partial charge in [-0.15, -0.1) is 0 Å². The normalized spacial score (nSPS) is 10.4. The quantitative estimate of drug-likeness (QED) is 0.628. The highest BCUT2D eigenvalue weighted by atomic mass is 32.1. The van der Waals surface area contributed by atoms with Crippen LogP contribution in [0.5, 0.6) is 11.5 Å². The smallest absolute Gasteiger partial charge is 0.318 e. The van der Waals surface area contributed by atoms with Crippen LogP contribution in [0.1, 0.15) is 16.9 Å². The minimum atomic E-state index is -0.160. The monoisotopic (exact) mass is 386 g/mol. The highest BCUT2D eigenvalue weighted by molar-refractivity contribution is 7.07. The molecule has 27 heavy (non-hydrogen) atoms. The standard InChI is InChI=1S/C20H22N2O4S/c1-24-18-6-5-15(10-19(18)25-2)11-21-20(23)22(12-16-7-9-27-14-16)13-17-4-3-8-26-17/h3-10,14H,11-13H2,1-2H3,(H,21,23). The summed E-state index contributed by atoms with van der Waals surface area (Å²) in [5.74, 6) is 2.03. The van der Waals surface area contributed by atoms with Gasteiger partial charge in [0.15, 0.2) is 11.5 Å². The Kier molecular flexibility index (Phi) is 6.38. The third kappa shape index (κ3) is 5.04. The van der Waals surface area contributed by atoms with Crippen LogP contribution in [0.3, 0.4) is 0 Å². The number of carbonyl (C=O) groups is 1. The molecular formula is C20H22N2O4S. The van der Waals surface area contributed by atoms with Crippen LogP contribution in [-0.2, 0) is 19.6 Å². The molecule has 2 amide bonds. The highest BCUT2D eigenvalue weighted by Crippen LogP contribution is 2.27. The lowest BCUT2D eigenvalue weighted by molar-refractivity contribution is 0.187. The molecule has 0 aliphatic rings. The van der Waals surface area contributed by atoms with E-state index in [2.05, 4.69) is 5.32 Å². The number of thiophene rings is 1. The van der Waals surface area contributed by atoms with Crippen LogP contribution in [0.2, 0.25) is 0 Å². The number of hydrogen-bond donors (Lipinski definition) is 1. The summed E-state index contributed by atoms with van der Waals surface area (Å²) < 4.78 is 16.0. The number of nitrogens with one attached hydrogen (secondary N) is 1. The minimum Gasteiger partial charge on any atom is -0.493 e. The lowest BCUT2D eigenvalue weighted by atomic mass is 10.2. The molecule has 0 bridgehead atoms. The molecule has 0 saturated carbocycles. The van der Waals surface area contributed by atoms with Gasteiger partial charge in [0.1, 0.15) is 5.76 Å². The fourth-order valence-electron chi connectivity index (χ4n) is 2.67. The number of ether oxygens (including phenoxy) is 2. The van der Waals surface area contributed by atoms with Crippen molar-refractivity contribution in [1.29, 1.82) is 0 Å². The average Bonchev–Trinajstić information content (AvgIpc) is 3.39. The third-order valence-electron chi connectivity index (χ3n) is 4.06. The maximum Gasteiger partial charge on any atom is 0.318 e. The Morgan fingerprint density at radius 2 is 1.96 bits per heavy atom. The van der Waals surface area contributed by atoms with Gasteiger partial charge in [-0.2, -0.15) is 11.3 Å². The van der Waals surface area contributed by atoms with Gasteiger partial charge in [0.05, 0.1) is 27.0 Å². The Labute approximate surface area is 162 Å². The number of benzene rings is 1. The number of rotatable bonds is 8. The van der Waals surface area contributed by atoms with Crippen molar-refractivity contribution in [1.82, 2.24) is 10.2 Å². The number of carbonyl (C=O) groups excluding carboxylic acids is 1. The molecule has 6 nitrogen and oxygen atoms in total. The Balaban J connectivity index is 1.66. The summed E-state index contributed by atoms with van der Waals surface area (Å²) in [6.45, 7) is 1.31. The molecule has 0 spiro atoms.